The molecule has 0 bridgehead atoms. The minimum absolute atomic E-state index is 0.885. The fourth-order valence-electron chi connectivity index (χ4n) is 0.309. The van der Waals surface area contributed by atoms with Crippen LogP contribution in [0.5, 0.6) is 0 Å². The molecule has 0 saturated carbocycles. The van der Waals surface area contributed by atoms with E-state index < -0.39 is 8.07 Å². The Hall–Kier alpha value is -0.243. The van der Waals surface area contributed by atoms with E-state index in [4.69, 9.17) is 4.74 Å². The first-order valence-corrected chi connectivity index (χ1v) is 6.49. The van der Waals surface area contributed by atoms with Gasteiger partial charge >= 0.3 is 0 Å². The second-order valence-electron chi connectivity index (χ2n) is 3.04. The highest BCUT2D eigenvalue weighted by Gasteiger charge is 2.11. The first-order valence-electron chi connectivity index (χ1n) is 2.79. The topological polar surface area (TPSA) is 9.23 Å². The first kappa shape index (κ1) is 7.76. The van der Waals surface area contributed by atoms with Crippen LogP contribution >= 0.6 is 0 Å². The maximum Gasteiger partial charge on any atom is 0.0893 e. The van der Waals surface area contributed by atoms with Crippen LogP contribution < -0.4 is 0 Å². The van der Waals surface area contributed by atoms with Crippen LogP contribution in [0.3, 0.4) is 0 Å². The van der Waals surface area contributed by atoms with Crippen molar-refractivity contribution in [1.29, 1.82) is 0 Å². The molecule has 0 saturated heterocycles. The van der Waals surface area contributed by atoms with Crippen LogP contribution in [0.1, 0.15) is 0 Å². The SMILES string of the molecule is C=COC[Si](C)(C)C. The van der Waals surface area contributed by atoms with E-state index in [9.17, 15) is 0 Å². The molecule has 0 aromatic heterocycles. The standard InChI is InChI=1S/C6H14OSi/c1-5-7-6-8(2,3)4/h5H,1,6H2,2-4H3. The Morgan fingerprint density at radius 1 is 1.50 bits per heavy atom. The number of ether oxygens (including phenoxy) is 1. The molecule has 0 aliphatic rings. The lowest BCUT2D eigenvalue weighted by Crippen LogP contribution is -2.26. The highest BCUT2D eigenvalue weighted by atomic mass is 28.3. The fraction of sp³-hybridized carbons (Fsp3) is 0.667. The average Bonchev–Trinajstić information content (AvgIpc) is 1.59. The Kier molecular flexibility index (Phi) is 2.83. The van der Waals surface area contributed by atoms with Crippen molar-refractivity contribution in [2.45, 2.75) is 19.6 Å². The summed E-state index contributed by atoms with van der Waals surface area (Å²) in [6.07, 6.45) is 2.40. The third kappa shape index (κ3) is 5.76. The van der Waals surface area contributed by atoms with Gasteiger partial charge in [0.05, 0.1) is 20.6 Å². The van der Waals surface area contributed by atoms with Crippen LogP contribution in [0.2, 0.25) is 19.6 Å². The van der Waals surface area contributed by atoms with Gasteiger partial charge in [0, 0.05) is 0 Å². The summed E-state index contributed by atoms with van der Waals surface area (Å²) in [6, 6.07) is 0. The maximum atomic E-state index is 5.02. The third-order valence-electron chi connectivity index (χ3n) is 0.634. The van der Waals surface area contributed by atoms with Crippen molar-refractivity contribution < 1.29 is 4.74 Å². The summed E-state index contributed by atoms with van der Waals surface area (Å²) in [4.78, 5) is 0. The van der Waals surface area contributed by atoms with Crippen LogP contribution in [-0.4, -0.2) is 14.3 Å². The molecule has 0 spiro atoms. The van der Waals surface area contributed by atoms with Gasteiger partial charge in [-0.25, -0.2) is 0 Å². The van der Waals surface area contributed by atoms with E-state index in [1.807, 2.05) is 0 Å². The van der Waals surface area contributed by atoms with E-state index in [2.05, 4.69) is 26.2 Å². The zero-order valence-electron chi connectivity index (χ0n) is 5.90. The zero-order valence-corrected chi connectivity index (χ0v) is 6.90. The number of hydrogen-bond donors (Lipinski definition) is 0. The van der Waals surface area contributed by atoms with Gasteiger partial charge in [-0.1, -0.05) is 26.2 Å². The lowest BCUT2D eigenvalue weighted by atomic mass is 11.2. The smallest absolute Gasteiger partial charge is 0.0893 e. The Balaban J connectivity index is 3.24. The van der Waals surface area contributed by atoms with Gasteiger partial charge in [0.25, 0.3) is 0 Å². The molecule has 48 valence electrons. The summed E-state index contributed by atoms with van der Waals surface area (Å²) < 4.78 is 5.02. The summed E-state index contributed by atoms with van der Waals surface area (Å²) in [6.45, 7) is 10.2. The molecular formula is C6H14OSi. The molecule has 0 atom stereocenters. The first-order chi connectivity index (χ1) is 3.56. The minimum Gasteiger partial charge on any atom is -0.505 e. The molecule has 0 aliphatic heterocycles. The molecule has 2 heteroatoms. The van der Waals surface area contributed by atoms with Gasteiger partial charge in [-0.05, 0) is 0 Å². The molecule has 0 aliphatic carbocycles. The van der Waals surface area contributed by atoms with Crippen LogP contribution in [-0.2, 0) is 4.74 Å². The molecule has 0 aromatic rings. The van der Waals surface area contributed by atoms with Crippen LogP contribution in [0.25, 0.3) is 0 Å². The monoisotopic (exact) mass is 130 g/mol. The van der Waals surface area contributed by atoms with Crippen molar-refractivity contribution in [3.05, 3.63) is 12.8 Å². The Labute approximate surface area is 52.4 Å². The minimum atomic E-state index is -0.972. The molecule has 1 nitrogen and oxygen atoms in total. The summed E-state index contributed by atoms with van der Waals surface area (Å²) in [7, 11) is -0.972. The molecular weight excluding hydrogens is 116 g/mol. The van der Waals surface area contributed by atoms with Gasteiger partial charge in [-0.2, -0.15) is 0 Å². The van der Waals surface area contributed by atoms with E-state index in [1.165, 1.54) is 6.26 Å². The second-order valence-corrected chi connectivity index (χ2v) is 8.45. The highest BCUT2D eigenvalue weighted by Crippen LogP contribution is 1.99. The molecule has 0 unspecified atom stereocenters. The fourth-order valence-corrected chi connectivity index (χ4v) is 0.927. The third-order valence-corrected chi connectivity index (χ3v) is 1.67. The van der Waals surface area contributed by atoms with E-state index in [0.717, 1.165) is 6.23 Å². The number of rotatable bonds is 3. The zero-order chi connectivity index (χ0) is 6.62. The van der Waals surface area contributed by atoms with Crippen LogP contribution in [0.4, 0.5) is 0 Å². The summed E-state index contributed by atoms with van der Waals surface area (Å²) >= 11 is 0. The van der Waals surface area contributed by atoms with Crippen LogP contribution in [0, 0.1) is 0 Å². The van der Waals surface area contributed by atoms with Crippen molar-refractivity contribution >= 4 is 8.07 Å². The van der Waals surface area contributed by atoms with Gasteiger partial charge in [0.1, 0.15) is 0 Å². The maximum absolute atomic E-state index is 5.02. The molecule has 0 amide bonds. The van der Waals surface area contributed by atoms with Gasteiger partial charge in [-0.3, -0.25) is 0 Å². The highest BCUT2D eigenvalue weighted by molar-refractivity contribution is 6.76. The molecule has 0 heterocycles. The lowest BCUT2D eigenvalue weighted by Gasteiger charge is -2.13. The van der Waals surface area contributed by atoms with Crippen molar-refractivity contribution in [2.24, 2.45) is 0 Å². The number of hydrogen-bond acceptors (Lipinski definition) is 1. The van der Waals surface area contributed by atoms with E-state index in [1.54, 1.807) is 0 Å². The Morgan fingerprint density at radius 3 is 2.12 bits per heavy atom. The van der Waals surface area contributed by atoms with E-state index >= 15 is 0 Å². The molecule has 0 N–H and O–H groups in total. The molecule has 0 aromatic carbocycles. The lowest BCUT2D eigenvalue weighted by molar-refractivity contribution is 0.305. The van der Waals surface area contributed by atoms with Crippen molar-refractivity contribution in [2.75, 3.05) is 6.23 Å². The van der Waals surface area contributed by atoms with E-state index in [0.29, 0.717) is 0 Å². The quantitative estimate of drug-likeness (QED) is 0.419. The Bertz CT molecular complexity index is 73.1. The molecule has 0 radical (unpaired) electrons. The largest absolute Gasteiger partial charge is 0.505 e. The average molecular weight is 130 g/mol. The van der Waals surface area contributed by atoms with Gasteiger partial charge < -0.3 is 4.74 Å². The predicted molar refractivity (Wildman–Crippen MR) is 39.5 cm³/mol. The van der Waals surface area contributed by atoms with Gasteiger partial charge in [-0.15, -0.1) is 0 Å². The molecule has 0 fully saturated rings. The summed E-state index contributed by atoms with van der Waals surface area (Å²) in [5, 5.41) is 0. The molecule has 0 rings (SSSR count). The van der Waals surface area contributed by atoms with Gasteiger partial charge in [0.15, 0.2) is 0 Å². The Morgan fingerprint density at radius 2 is 2.00 bits per heavy atom. The van der Waals surface area contributed by atoms with Crippen molar-refractivity contribution in [3.8, 4) is 0 Å². The normalized spacial score (nSPS) is 10.9. The predicted octanol–water partition coefficient (Wildman–Crippen LogP) is 2.02. The van der Waals surface area contributed by atoms with Crippen molar-refractivity contribution in [1.82, 2.24) is 0 Å². The van der Waals surface area contributed by atoms with Crippen LogP contribution in [0.15, 0.2) is 12.8 Å². The van der Waals surface area contributed by atoms with E-state index in [-0.39, 0.29) is 0 Å². The second kappa shape index (κ2) is 2.92. The molecule has 8 heavy (non-hydrogen) atoms. The summed E-state index contributed by atoms with van der Waals surface area (Å²) in [5.74, 6) is 0. The summed E-state index contributed by atoms with van der Waals surface area (Å²) in [5.41, 5.74) is 0. The van der Waals surface area contributed by atoms with Crippen molar-refractivity contribution in [3.63, 3.8) is 0 Å². The van der Waals surface area contributed by atoms with Gasteiger partial charge in [0.2, 0.25) is 0 Å².